The molecule has 0 radical (unpaired) electrons. The highest BCUT2D eigenvalue weighted by Crippen LogP contribution is 2.24. The van der Waals surface area contributed by atoms with E-state index in [2.05, 4.69) is 4.98 Å². The molecule has 0 amide bonds. The largest absolute Gasteiger partial charge is 0.395 e. The number of nitrogen functional groups attached to an aromatic ring is 1. The molecule has 0 saturated carbocycles. The SMILES string of the molecule is Cc1ccc(C(=N)N)c(SC(C)CO)n1. The maximum atomic E-state index is 8.96. The van der Waals surface area contributed by atoms with Crippen LogP contribution in [0.25, 0.3) is 0 Å². The van der Waals surface area contributed by atoms with Gasteiger partial charge in [-0.15, -0.1) is 11.8 Å². The Morgan fingerprint density at radius 2 is 2.33 bits per heavy atom. The number of aliphatic hydroxyl groups excluding tert-OH is 1. The molecule has 1 aromatic rings. The Balaban J connectivity index is 3.02. The Morgan fingerprint density at radius 1 is 1.67 bits per heavy atom. The molecule has 0 fully saturated rings. The molecule has 5 heteroatoms. The molecule has 1 unspecified atom stereocenters. The second-order valence-corrected chi connectivity index (χ2v) is 4.76. The van der Waals surface area contributed by atoms with Gasteiger partial charge in [-0.05, 0) is 19.1 Å². The van der Waals surface area contributed by atoms with E-state index in [4.69, 9.17) is 16.2 Å². The minimum atomic E-state index is 0.00939. The quantitative estimate of drug-likeness (QED) is 0.408. The van der Waals surface area contributed by atoms with Crippen LogP contribution in [0.15, 0.2) is 17.2 Å². The number of nitrogens with two attached hydrogens (primary N) is 1. The van der Waals surface area contributed by atoms with E-state index in [0.717, 1.165) is 5.69 Å². The number of nitrogens with one attached hydrogen (secondary N) is 1. The Labute approximate surface area is 93.4 Å². The molecule has 0 saturated heterocycles. The number of rotatable bonds is 4. The molecule has 15 heavy (non-hydrogen) atoms. The number of nitrogens with zero attached hydrogens (tertiary/aromatic N) is 1. The summed E-state index contributed by atoms with van der Waals surface area (Å²) in [4.78, 5) is 4.31. The second kappa shape index (κ2) is 5.14. The highest BCUT2D eigenvalue weighted by Gasteiger charge is 2.11. The first-order valence-electron chi connectivity index (χ1n) is 4.64. The molecule has 4 N–H and O–H groups in total. The van der Waals surface area contributed by atoms with Gasteiger partial charge in [0.05, 0.1) is 6.61 Å². The molecule has 1 rings (SSSR count). The first kappa shape index (κ1) is 12.0. The summed E-state index contributed by atoms with van der Waals surface area (Å²) in [5.74, 6) is 0.00939. The predicted octanol–water partition coefficient (Wildman–Crippen LogP) is 1.15. The molecule has 0 spiro atoms. The highest BCUT2D eigenvalue weighted by molar-refractivity contribution is 7.99. The minimum Gasteiger partial charge on any atom is -0.395 e. The van der Waals surface area contributed by atoms with Crippen LogP contribution in [0.1, 0.15) is 18.2 Å². The zero-order valence-electron chi connectivity index (χ0n) is 8.82. The summed E-state index contributed by atoms with van der Waals surface area (Å²) in [6.07, 6.45) is 0. The highest BCUT2D eigenvalue weighted by atomic mass is 32.2. The molecule has 82 valence electrons. The van der Waals surface area contributed by atoms with Crippen molar-refractivity contribution in [1.82, 2.24) is 4.98 Å². The van der Waals surface area contributed by atoms with Crippen LogP contribution < -0.4 is 5.73 Å². The first-order chi connectivity index (χ1) is 7.04. The number of thioether (sulfide) groups is 1. The van der Waals surface area contributed by atoms with Gasteiger partial charge in [0.25, 0.3) is 0 Å². The zero-order chi connectivity index (χ0) is 11.4. The standard InChI is InChI=1S/C10H15N3OS/c1-6-3-4-8(9(11)12)10(13-6)15-7(2)5-14/h3-4,7,14H,5H2,1-2H3,(H3,11,12). The summed E-state index contributed by atoms with van der Waals surface area (Å²) in [5, 5.41) is 17.1. The smallest absolute Gasteiger partial charge is 0.125 e. The fraction of sp³-hybridized carbons (Fsp3) is 0.400. The van der Waals surface area contributed by atoms with E-state index in [1.807, 2.05) is 19.9 Å². The topological polar surface area (TPSA) is 83.0 Å². The van der Waals surface area contributed by atoms with Crippen molar-refractivity contribution in [2.24, 2.45) is 5.73 Å². The van der Waals surface area contributed by atoms with Crippen LogP contribution in [0.2, 0.25) is 0 Å². The molecular weight excluding hydrogens is 210 g/mol. The van der Waals surface area contributed by atoms with Crippen molar-refractivity contribution in [2.45, 2.75) is 24.1 Å². The molecule has 0 aliphatic carbocycles. The molecule has 1 atom stereocenters. The van der Waals surface area contributed by atoms with Crippen LogP contribution >= 0.6 is 11.8 Å². The normalized spacial score (nSPS) is 12.5. The summed E-state index contributed by atoms with van der Waals surface area (Å²) in [6, 6.07) is 3.61. The number of hydrogen-bond donors (Lipinski definition) is 3. The Morgan fingerprint density at radius 3 is 2.87 bits per heavy atom. The van der Waals surface area contributed by atoms with Crippen LogP contribution in [0.4, 0.5) is 0 Å². The molecule has 0 aliphatic heterocycles. The van der Waals surface area contributed by atoms with E-state index in [1.165, 1.54) is 11.8 Å². The van der Waals surface area contributed by atoms with Gasteiger partial charge in [-0.1, -0.05) is 6.92 Å². The lowest BCUT2D eigenvalue weighted by molar-refractivity contribution is 0.300. The number of aliphatic hydroxyl groups is 1. The molecule has 1 aromatic heterocycles. The van der Waals surface area contributed by atoms with E-state index < -0.39 is 0 Å². The molecule has 4 nitrogen and oxygen atoms in total. The third-order valence-electron chi connectivity index (χ3n) is 1.86. The molecule has 0 aromatic carbocycles. The third kappa shape index (κ3) is 3.21. The number of amidine groups is 1. The average Bonchev–Trinajstić information content (AvgIpc) is 2.17. The second-order valence-electron chi connectivity index (χ2n) is 3.33. The number of hydrogen-bond acceptors (Lipinski definition) is 4. The minimum absolute atomic E-state index is 0.00939. The van der Waals surface area contributed by atoms with E-state index >= 15 is 0 Å². The van der Waals surface area contributed by atoms with Crippen molar-refractivity contribution in [3.63, 3.8) is 0 Å². The molecular formula is C10H15N3OS. The van der Waals surface area contributed by atoms with Gasteiger partial charge in [-0.2, -0.15) is 0 Å². The van der Waals surface area contributed by atoms with Gasteiger partial charge in [-0.25, -0.2) is 4.98 Å². The van der Waals surface area contributed by atoms with E-state index in [1.54, 1.807) is 6.07 Å². The number of aryl methyl sites for hydroxylation is 1. The Bertz CT molecular complexity index is 368. The van der Waals surface area contributed by atoms with Crippen molar-refractivity contribution >= 4 is 17.6 Å². The molecule has 1 heterocycles. The van der Waals surface area contributed by atoms with Crippen molar-refractivity contribution in [1.29, 1.82) is 5.41 Å². The van der Waals surface area contributed by atoms with Crippen LogP contribution in [0, 0.1) is 12.3 Å². The zero-order valence-corrected chi connectivity index (χ0v) is 9.64. The van der Waals surface area contributed by atoms with Crippen molar-refractivity contribution in [2.75, 3.05) is 6.61 Å². The lowest BCUT2D eigenvalue weighted by Gasteiger charge is -2.11. The average molecular weight is 225 g/mol. The van der Waals surface area contributed by atoms with E-state index in [0.29, 0.717) is 10.6 Å². The summed E-state index contributed by atoms with van der Waals surface area (Å²) in [6.45, 7) is 3.87. The van der Waals surface area contributed by atoms with Gasteiger partial charge in [0, 0.05) is 16.5 Å². The maximum absolute atomic E-state index is 8.96. The fourth-order valence-electron chi connectivity index (χ4n) is 1.06. The van der Waals surface area contributed by atoms with Gasteiger partial charge < -0.3 is 10.8 Å². The molecule has 0 bridgehead atoms. The van der Waals surface area contributed by atoms with Crippen molar-refractivity contribution in [3.8, 4) is 0 Å². The van der Waals surface area contributed by atoms with Gasteiger partial charge in [-0.3, -0.25) is 5.41 Å². The van der Waals surface area contributed by atoms with Crippen LogP contribution in [0.3, 0.4) is 0 Å². The number of pyridine rings is 1. The fourth-order valence-corrected chi connectivity index (χ4v) is 2.01. The van der Waals surface area contributed by atoms with Gasteiger partial charge in [0.2, 0.25) is 0 Å². The van der Waals surface area contributed by atoms with Crippen molar-refractivity contribution < 1.29 is 5.11 Å². The summed E-state index contributed by atoms with van der Waals surface area (Å²) in [7, 11) is 0. The molecule has 0 aliphatic rings. The van der Waals surface area contributed by atoms with Crippen molar-refractivity contribution in [3.05, 3.63) is 23.4 Å². The summed E-state index contributed by atoms with van der Waals surface area (Å²) in [5.41, 5.74) is 6.96. The Kier molecular flexibility index (Phi) is 4.11. The predicted molar refractivity (Wildman–Crippen MR) is 62.4 cm³/mol. The van der Waals surface area contributed by atoms with Gasteiger partial charge in [0.15, 0.2) is 0 Å². The number of aromatic nitrogens is 1. The first-order valence-corrected chi connectivity index (χ1v) is 5.52. The summed E-state index contributed by atoms with van der Waals surface area (Å²) >= 11 is 1.43. The Hall–Kier alpha value is -1.07. The van der Waals surface area contributed by atoms with Crippen LogP contribution in [-0.4, -0.2) is 27.8 Å². The third-order valence-corrected chi connectivity index (χ3v) is 2.95. The van der Waals surface area contributed by atoms with E-state index in [-0.39, 0.29) is 17.7 Å². The maximum Gasteiger partial charge on any atom is 0.125 e. The van der Waals surface area contributed by atoms with Gasteiger partial charge in [0.1, 0.15) is 10.9 Å². The summed E-state index contributed by atoms with van der Waals surface area (Å²) < 4.78 is 0. The monoisotopic (exact) mass is 225 g/mol. The lowest BCUT2D eigenvalue weighted by Crippen LogP contribution is -2.14. The van der Waals surface area contributed by atoms with Crippen LogP contribution in [0.5, 0.6) is 0 Å². The van der Waals surface area contributed by atoms with E-state index in [9.17, 15) is 0 Å². The van der Waals surface area contributed by atoms with Crippen LogP contribution in [-0.2, 0) is 0 Å². The lowest BCUT2D eigenvalue weighted by atomic mass is 10.2. The van der Waals surface area contributed by atoms with Gasteiger partial charge >= 0.3 is 0 Å².